The molecule has 45 heavy (non-hydrogen) atoms. The summed E-state index contributed by atoms with van der Waals surface area (Å²) in [5.74, 6) is 0.209. The van der Waals surface area contributed by atoms with E-state index in [0.717, 1.165) is 56.0 Å². The van der Waals surface area contributed by atoms with Crippen molar-refractivity contribution in [2.45, 2.75) is 51.6 Å². The fourth-order valence-electron chi connectivity index (χ4n) is 7.27. The van der Waals surface area contributed by atoms with Crippen molar-refractivity contribution in [2.24, 2.45) is 0 Å². The van der Waals surface area contributed by atoms with Gasteiger partial charge in [0.1, 0.15) is 11.6 Å². The smallest absolute Gasteiger partial charge is 0.246 e. The molecule has 3 aromatic rings. The zero-order valence-corrected chi connectivity index (χ0v) is 26.2. The van der Waals surface area contributed by atoms with Crippen molar-refractivity contribution in [2.75, 3.05) is 62.2 Å². The number of likely N-dealkylation sites (tertiary alicyclic amines) is 1. The van der Waals surface area contributed by atoms with Gasteiger partial charge in [0.05, 0.1) is 43.1 Å². The number of pyridine rings is 1. The Hall–Kier alpha value is -4.60. The summed E-state index contributed by atoms with van der Waals surface area (Å²) >= 11 is 0. The number of ether oxygens (including phenoxy) is 1. The SMILES string of the molecule is C=CC(=O)N1CCN(c2c(C#N)c(OCCCN3CCCC3)nc3c2CCN(c2cccc4cccc(C)c24)C3)C[C@@H]1CC#N. The number of hydrogen-bond acceptors (Lipinski definition) is 8. The van der Waals surface area contributed by atoms with E-state index in [4.69, 9.17) is 9.72 Å². The molecular formula is C36H41N7O2. The van der Waals surface area contributed by atoms with Crippen molar-refractivity contribution < 1.29 is 9.53 Å². The Morgan fingerprint density at radius 1 is 1.09 bits per heavy atom. The molecule has 0 bridgehead atoms. The second-order valence-electron chi connectivity index (χ2n) is 12.2. The monoisotopic (exact) mass is 603 g/mol. The minimum atomic E-state index is -0.298. The van der Waals surface area contributed by atoms with Gasteiger partial charge in [0.2, 0.25) is 11.8 Å². The summed E-state index contributed by atoms with van der Waals surface area (Å²) in [4.78, 5) is 26.4. The van der Waals surface area contributed by atoms with E-state index in [1.807, 2.05) is 0 Å². The molecule has 3 aliphatic heterocycles. The largest absolute Gasteiger partial charge is 0.477 e. The standard InChI is InChI=1S/C36H41N7O2/c1-3-33(44)43-21-20-42(24-28(43)13-15-37)35-29-14-19-41(32-12-7-11-27-10-6-9-26(2)34(27)32)25-31(29)39-36(30(35)23-38)45-22-8-18-40-16-4-5-17-40/h3,6-7,9-12,28H,1,4-5,8,13-14,16-22,24-25H2,2H3/t28-/m0/s1. The number of benzene rings is 2. The number of fused-ring (bicyclic) bond motifs is 2. The summed E-state index contributed by atoms with van der Waals surface area (Å²) in [7, 11) is 0. The van der Waals surface area contributed by atoms with Crippen molar-refractivity contribution in [3.63, 3.8) is 0 Å². The highest BCUT2D eigenvalue weighted by Gasteiger charge is 2.35. The van der Waals surface area contributed by atoms with E-state index in [0.29, 0.717) is 44.2 Å². The van der Waals surface area contributed by atoms with Crippen molar-refractivity contribution in [1.29, 1.82) is 10.5 Å². The highest BCUT2D eigenvalue weighted by molar-refractivity contribution is 5.97. The van der Waals surface area contributed by atoms with Gasteiger partial charge < -0.3 is 24.3 Å². The molecule has 0 unspecified atom stereocenters. The Bertz CT molecular complexity index is 1660. The molecule has 3 aliphatic rings. The van der Waals surface area contributed by atoms with E-state index < -0.39 is 0 Å². The fraction of sp³-hybridized carbons (Fsp3) is 0.444. The summed E-state index contributed by atoms with van der Waals surface area (Å²) in [5.41, 5.74) is 5.69. The molecule has 0 saturated carbocycles. The van der Waals surface area contributed by atoms with E-state index in [-0.39, 0.29) is 18.4 Å². The zero-order chi connectivity index (χ0) is 31.3. The van der Waals surface area contributed by atoms with Crippen LogP contribution in [-0.4, -0.2) is 79.2 Å². The summed E-state index contributed by atoms with van der Waals surface area (Å²) in [6.07, 6.45) is 5.61. The van der Waals surface area contributed by atoms with Crippen LogP contribution in [0.15, 0.2) is 49.1 Å². The molecule has 1 atom stereocenters. The molecule has 2 saturated heterocycles. The van der Waals surface area contributed by atoms with Crippen LogP contribution in [0.25, 0.3) is 10.8 Å². The molecular weight excluding hydrogens is 562 g/mol. The number of aryl methyl sites for hydroxylation is 1. The minimum absolute atomic E-state index is 0.171. The molecule has 2 aromatic carbocycles. The number of nitrogens with zero attached hydrogens (tertiary/aromatic N) is 7. The predicted octanol–water partition coefficient (Wildman–Crippen LogP) is 4.96. The third kappa shape index (κ3) is 6.18. The highest BCUT2D eigenvalue weighted by Crippen LogP contribution is 2.40. The van der Waals surface area contributed by atoms with Gasteiger partial charge in [-0.2, -0.15) is 10.5 Å². The van der Waals surface area contributed by atoms with Crippen LogP contribution in [0.1, 0.15) is 48.1 Å². The maximum Gasteiger partial charge on any atom is 0.246 e. The Morgan fingerprint density at radius 2 is 1.89 bits per heavy atom. The van der Waals surface area contributed by atoms with Crippen LogP contribution in [0.2, 0.25) is 0 Å². The van der Waals surface area contributed by atoms with E-state index in [1.165, 1.54) is 40.9 Å². The number of piperazine rings is 1. The van der Waals surface area contributed by atoms with Crippen molar-refractivity contribution in [3.05, 3.63) is 71.4 Å². The van der Waals surface area contributed by atoms with Gasteiger partial charge in [-0.05, 0) is 68.8 Å². The van der Waals surface area contributed by atoms with Gasteiger partial charge in [-0.1, -0.05) is 36.9 Å². The number of hydrogen-bond donors (Lipinski definition) is 0. The number of carbonyl (C=O) groups excluding carboxylic acids is 1. The number of carbonyl (C=O) groups is 1. The molecule has 2 fully saturated rings. The fourth-order valence-corrected chi connectivity index (χ4v) is 7.27. The van der Waals surface area contributed by atoms with E-state index in [9.17, 15) is 15.3 Å². The van der Waals surface area contributed by atoms with Gasteiger partial charge in [-0.25, -0.2) is 4.98 Å². The molecule has 1 aromatic heterocycles. The van der Waals surface area contributed by atoms with Gasteiger partial charge in [0, 0.05) is 49.4 Å². The van der Waals surface area contributed by atoms with Crippen LogP contribution in [-0.2, 0) is 17.8 Å². The van der Waals surface area contributed by atoms with Crippen LogP contribution < -0.4 is 14.5 Å². The molecule has 4 heterocycles. The van der Waals surface area contributed by atoms with Gasteiger partial charge in [0.25, 0.3) is 0 Å². The lowest BCUT2D eigenvalue weighted by atomic mass is 9.95. The molecule has 232 valence electrons. The number of anilines is 2. The molecule has 0 spiro atoms. The van der Waals surface area contributed by atoms with E-state index in [1.54, 1.807) is 4.90 Å². The van der Waals surface area contributed by atoms with Crippen LogP contribution in [0.3, 0.4) is 0 Å². The first-order valence-electron chi connectivity index (χ1n) is 16.1. The molecule has 9 nitrogen and oxygen atoms in total. The van der Waals surface area contributed by atoms with Crippen molar-refractivity contribution >= 4 is 28.1 Å². The zero-order valence-electron chi connectivity index (χ0n) is 26.2. The normalized spacial score (nSPS) is 18.4. The first-order chi connectivity index (χ1) is 22.0. The summed E-state index contributed by atoms with van der Waals surface area (Å²) < 4.78 is 6.33. The van der Waals surface area contributed by atoms with E-state index >= 15 is 0 Å². The molecule has 6 rings (SSSR count). The van der Waals surface area contributed by atoms with Gasteiger partial charge in [-0.3, -0.25) is 4.79 Å². The molecule has 9 heteroatoms. The maximum absolute atomic E-state index is 12.6. The van der Waals surface area contributed by atoms with Crippen LogP contribution in [0, 0.1) is 29.6 Å². The lowest BCUT2D eigenvalue weighted by Gasteiger charge is -2.43. The Balaban J connectivity index is 1.36. The molecule has 1 amide bonds. The Kier molecular flexibility index (Phi) is 9.18. The maximum atomic E-state index is 12.6. The Morgan fingerprint density at radius 3 is 2.64 bits per heavy atom. The minimum Gasteiger partial charge on any atom is -0.477 e. The summed E-state index contributed by atoms with van der Waals surface area (Å²) in [6.45, 7) is 12.4. The summed E-state index contributed by atoms with van der Waals surface area (Å²) in [5, 5.41) is 22.6. The lowest BCUT2D eigenvalue weighted by Crippen LogP contribution is -2.55. The average Bonchev–Trinajstić information content (AvgIpc) is 3.59. The number of amides is 1. The first-order valence-corrected chi connectivity index (χ1v) is 16.1. The van der Waals surface area contributed by atoms with Crippen molar-refractivity contribution in [3.8, 4) is 18.0 Å². The topological polar surface area (TPSA) is 99.7 Å². The number of nitriles is 2. The second kappa shape index (κ2) is 13.6. The first kappa shape index (κ1) is 30.4. The Labute approximate surface area is 265 Å². The molecule has 0 aliphatic carbocycles. The average molecular weight is 604 g/mol. The van der Waals surface area contributed by atoms with E-state index in [2.05, 4.69) is 76.7 Å². The van der Waals surface area contributed by atoms with Gasteiger partial charge >= 0.3 is 0 Å². The van der Waals surface area contributed by atoms with Crippen molar-refractivity contribution in [1.82, 2.24) is 14.8 Å². The van der Waals surface area contributed by atoms with Crippen LogP contribution in [0.5, 0.6) is 5.88 Å². The predicted molar refractivity (Wildman–Crippen MR) is 176 cm³/mol. The number of aromatic nitrogens is 1. The van der Waals surface area contributed by atoms with Gasteiger partial charge in [-0.15, -0.1) is 0 Å². The third-order valence-corrected chi connectivity index (χ3v) is 9.48. The molecule has 0 radical (unpaired) electrons. The number of rotatable bonds is 9. The van der Waals surface area contributed by atoms with Gasteiger partial charge in [0.15, 0.2) is 0 Å². The highest BCUT2D eigenvalue weighted by atomic mass is 16.5. The summed E-state index contributed by atoms with van der Waals surface area (Å²) in [6, 6.07) is 17.3. The quantitative estimate of drug-likeness (QED) is 0.250. The van der Waals surface area contributed by atoms with Crippen LogP contribution >= 0.6 is 0 Å². The molecule has 0 N–H and O–H groups in total. The van der Waals surface area contributed by atoms with Crippen LogP contribution in [0.4, 0.5) is 11.4 Å². The third-order valence-electron chi connectivity index (χ3n) is 9.48. The second-order valence-corrected chi connectivity index (χ2v) is 12.2. The lowest BCUT2D eigenvalue weighted by molar-refractivity contribution is -0.128.